The summed E-state index contributed by atoms with van der Waals surface area (Å²) in [6.07, 6.45) is 2.25. The molecule has 0 aliphatic carbocycles. The van der Waals surface area contributed by atoms with Crippen molar-refractivity contribution in [1.29, 1.82) is 0 Å². The highest BCUT2D eigenvalue weighted by atomic mass is 32.2. The quantitative estimate of drug-likeness (QED) is 0.501. The molecular formula is C24H32FN3O6S. The topological polar surface area (TPSA) is 122 Å². The Morgan fingerprint density at radius 3 is 2.37 bits per heavy atom. The number of aliphatic hydroxyl groups excluding tert-OH is 2. The van der Waals surface area contributed by atoms with Crippen molar-refractivity contribution >= 4 is 22.0 Å². The van der Waals surface area contributed by atoms with Crippen molar-refractivity contribution in [2.24, 2.45) is 0 Å². The zero-order chi connectivity index (χ0) is 25.8. The monoisotopic (exact) mass is 509 g/mol. The molecule has 2 N–H and O–H groups in total. The molecule has 1 aromatic heterocycles. The van der Waals surface area contributed by atoms with Crippen molar-refractivity contribution in [1.82, 2.24) is 9.97 Å². The van der Waals surface area contributed by atoms with Gasteiger partial charge in [-0.2, -0.15) is 0 Å². The normalized spacial score (nSPS) is 16.8. The van der Waals surface area contributed by atoms with Gasteiger partial charge in [0.1, 0.15) is 5.82 Å². The molecule has 1 aliphatic rings. The Morgan fingerprint density at radius 2 is 1.80 bits per heavy atom. The molecule has 0 bridgehead atoms. The maximum Gasteiger partial charge on any atom is 0.239 e. The van der Waals surface area contributed by atoms with E-state index in [4.69, 9.17) is 9.47 Å². The van der Waals surface area contributed by atoms with Crippen LogP contribution in [0.15, 0.2) is 30.3 Å². The van der Waals surface area contributed by atoms with E-state index in [1.165, 1.54) is 25.3 Å². The van der Waals surface area contributed by atoms with E-state index in [-0.39, 0.29) is 24.7 Å². The van der Waals surface area contributed by atoms with E-state index < -0.39 is 34.3 Å². The molecule has 2 atom stereocenters. The predicted molar refractivity (Wildman–Crippen MR) is 131 cm³/mol. The Balaban J connectivity index is 1.98. The third-order valence-electron chi connectivity index (χ3n) is 5.56. The average molecular weight is 510 g/mol. The van der Waals surface area contributed by atoms with Gasteiger partial charge in [-0.15, -0.1) is 0 Å². The molecule has 1 saturated heterocycles. The smallest absolute Gasteiger partial charge is 0.239 e. The Bertz CT molecular complexity index is 1130. The van der Waals surface area contributed by atoms with Crippen LogP contribution >= 0.6 is 0 Å². The number of rotatable bonds is 10. The molecule has 35 heavy (non-hydrogen) atoms. The number of hydrogen-bond donors (Lipinski definition) is 2. The number of halogens is 1. The van der Waals surface area contributed by atoms with E-state index in [1.807, 2.05) is 13.8 Å². The first kappa shape index (κ1) is 27.2. The lowest BCUT2D eigenvalue weighted by atomic mass is 9.97. The van der Waals surface area contributed by atoms with Crippen LogP contribution in [-0.4, -0.2) is 73.6 Å². The van der Waals surface area contributed by atoms with E-state index in [0.717, 1.165) is 10.6 Å². The van der Waals surface area contributed by atoms with Gasteiger partial charge in [0.15, 0.2) is 6.29 Å². The molecule has 192 valence electrons. The van der Waals surface area contributed by atoms with Crippen molar-refractivity contribution in [2.45, 2.75) is 51.1 Å². The Labute approximate surface area is 205 Å². The van der Waals surface area contributed by atoms with Crippen LogP contribution in [0, 0.1) is 5.82 Å². The van der Waals surface area contributed by atoms with Crippen molar-refractivity contribution in [3.8, 4) is 11.3 Å². The van der Waals surface area contributed by atoms with Crippen LogP contribution in [0.5, 0.6) is 0 Å². The zero-order valence-corrected chi connectivity index (χ0v) is 21.1. The maximum atomic E-state index is 13.6. The van der Waals surface area contributed by atoms with Gasteiger partial charge in [-0.1, -0.05) is 26.0 Å². The Hall–Kier alpha value is -2.44. The third kappa shape index (κ3) is 7.28. The van der Waals surface area contributed by atoms with Gasteiger partial charge in [0.05, 0.1) is 43.1 Å². The minimum absolute atomic E-state index is 0.0137. The highest BCUT2D eigenvalue weighted by Gasteiger charge is 2.23. The van der Waals surface area contributed by atoms with E-state index >= 15 is 0 Å². The van der Waals surface area contributed by atoms with E-state index in [2.05, 4.69) is 9.97 Å². The molecule has 2 heterocycles. The summed E-state index contributed by atoms with van der Waals surface area (Å²) in [5.41, 5.74) is 2.07. The fourth-order valence-corrected chi connectivity index (χ4v) is 4.00. The summed E-state index contributed by atoms with van der Waals surface area (Å²) in [6.45, 7) is 4.77. The second-order valence-corrected chi connectivity index (χ2v) is 10.8. The van der Waals surface area contributed by atoms with Crippen molar-refractivity contribution < 1.29 is 32.5 Å². The van der Waals surface area contributed by atoms with E-state index in [1.54, 1.807) is 18.2 Å². The first-order valence-electron chi connectivity index (χ1n) is 11.3. The first-order chi connectivity index (χ1) is 16.5. The van der Waals surface area contributed by atoms with Crippen molar-refractivity contribution in [3.05, 3.63) is 47.4 Å². The van der Waals surface area contributed by atoms with Crippen LogP contribution in [0.1, 0.15) is 43.9 Å². The standard InChI is InChI=1S/C24H32FN3O6S/c1-15(2)22-20(10-9-18(29)13-19(30)14-21-33-11-12-34-21)23(16-5-7-17(25)8-6-16)27-24(26-22)28(3)35(4,31)32/h5-10,15,18-19,21,29-30H,11-14H2,1-4H3/b10-9+/t18-,19-/m1/s1. The fraction of sp³-hybridized carbons (Fsp3) is 0.500. The number of aromatic nitrogens is 2. The molecule has 3 rings (SSSR count). The van der Waals surface area contributed by atoms with E-state index in [0.29, 0.717) is 35.7 Å². The molecule has 1 aliphatic heterocycles. The molecule has 1 fully saturated rings. The lowest BCUT2D eigenvalue weighted by Gasteiger charge is -2.20. The first-order valence-corrected chi connectivity index (χ1v) is 13.2. The van der Waals surface area contributed by atoms with Gasteiger partial charge in [0.25, 0.3) is 0 Å². The summed E-state index contributed by atoms with van der Waals surface area (Å²) in [5, 5.41) is 20.8. The highest BCUT2D eigenvalue weighted by molar-refractivity contribution is 7.92. The minimum Gasteiger partial charge on any atom is -0.393 e. The molecule has 0 radical (unpaired) electrons. The summed E-state index contributed by atoms with van der Waals surface area (Å²) in [7, 11) is -2.26. The largest absolute Gasteiger partial charge is 0.393 e. The number of benzene rings is 1. The van der Waals surface area contributed by atoms with Crippen LogP contribution in [0.3, 0.4) is 0 Å². The van der Waals surface area contributed by atoms with Crippen LogP contribution in [0.2, 0.25) is 0 Å². The Kier molecular flexibility index (Phi) is 8.94. The summed E-state index contributed by atoms with van der Waals surface area (Å²) in [4.78, 5) is 8.98. The molecular weight excluding hydrogens is 477 g/mol. The number of ether oxygens (including phenoxy) is 2. The van der Waals surface area contributed by atoms with Gasteiger partial charge < -0.3 is 19.7 Å². The number of sulfonamides is 1. The SMILES string of the molecule is CC(C)c1nc(N(C)S(C)(=O)=O)nc(-c2ccc(F)cc2)c1/C=C/[C@@H](O)C[C@@H](O)CC1OCCO1. The third-order valence-corrected chi connectivity index (χ3v) is 6.72. The number of anilines is 1. The molecule has 2 aromatic rings. The number of nitrogens with zero attached hydrogens (tertiary/aromatic N) is 3. The molecule has 11 heteroatoms. The lowest BCUT2D eigenvalue weighted by molar-refractivity contribution is -0.0742. The molecule has 0 amide bonds. The molecule has 0 unspecified atom stereocenters. The van der Waals surface area contributed by atoms with Gasteiger partial charge >= 0.3 is 0 Å². The van der Waals surface area contributed by atoms with Crippen LogP contribution in [0.4, 0.5) is 10.3 Å². The molecule has 0 spiro atoms. The van der Waals surface area contributed by atoms with Crippen molar-refractivity contribution in [2.75, 3.05) is 30.8 Å². The summed E-state index contributed by atoms with van der Waals surface area (Å²) >= 11 is 0. The van der Waals surface area contributed by atoms with Gasteiger partial charge in [0.2, 0.25) is 16.0 Å². The Morgan fingerprint density at radius 1 is 1.17 bits per heavy atom. The van der Waals surface area contributed by atoms with Gasteiger partial charge in [-0.25, -0.2) is 27.1 Å². The van der Waals surface area contributed by atoms with Crippen molar-refractivity contribution in [3.63, 3.8) is 0 Å². The van der Waals surface area contributed by atoms with Gasteiger partial charge in [-0.05, 0) is 30.2 Å². The summed E-state index contributed by atoms with van der Waals surface area (Å²) in [6, 6.07) is 5.67. The summed E-state index contributed by atoms with van der Waals surface area (Å²) < 4.78 is 49.5. The predicted octanol–water partition coefficient (Wildman–Crippen LogP) is 2.69. The number of aliphatic hydroxyl groups is 2. The second-order valence-electron chi connectivity index (χ2n) is 8.79. The van der Waals surface area contributed by atoms with Crippen LogP contribution in [-0.2, 0) is 19.5 Å². The maximum absolute atomic E-state index is 13.6. The van der Waals surface area contributed by atoms with Gasteiger partial charge in [-0.3, -0.25) is 0 Å². The number of hydrogen-bond acceptors (Lipinski definition) is 8. The molecule has 0 saturated carbocycles. The van der Waals surface area contributed by atoms with E-state index in [9.17, 15) is 23.0 Å². The minimum atomic E-state index is -3.62. The van der Waals surface area contributed by atoms with Crippen LogP contribution in [0.25, 0.3) is 17.3 Å². The average Bonchev–Trinajstić information content (AvgIpc) is 3.29. The molecule has 9 nitrogen and oxygen atoms in total. The highest BCUT2D eigenvalue weighted by Crippen LogP contribution is 2.31. The lowest BCUT2D eigenvalue weighted by Crippen LogP contribution is -2.27. The van der Waals surface area contributed by atoms with Crippen LogP contribution < -0.4 is 4.31 Å². The second kappa shape index (κ2) is 11.5. The molecule has 1 aromatic carbocycles. The zero-order valence-electron chi connectivity index (χ0n) is 20.3. The summed E-state index contributed by atoms with van der Waals surface area (Å²) in [5.74, 6) is -0.555. The van der Waals surface area contributed by atoms with Gasteiger partial charge in [0, 0.05) is 31.0 Å². The fourth-order valence-electron chi connectivity index (χ4n) is 3.62.